The lowest BCUT2D eigenvalue weighted by molar-refractivity contribution is 0.0944. The third-order valence-corrected chi connectivity index (χ3v) is 1.77. The van der Waals surface area contributed by atoms with Crippen LogP contribution >= 0.6 is 11.6 Å². The smallest absolute Gasteiger partial charge is 0.253 e. The lowest BCUT2D eigenvalue weighted by Gasteiger charge is -2.09. The van der Waals surface area contributed by atoms with Crippen molar-refractivity contribution in [3.63, 3.8) is 0 Å². The zero-order valence-corrected chi connectivity index (χ0v) is 8.80. The summed E-state index contributed by atoms with van der Waals surface area (Å²) in [5.74, 6) is -0.234. The number of amides is 1. The van der Waals surface area contributed by atoms with Crippen molar-refractivity contribution in [3.8, 4) is 0 Å². The number of nitrogens with zero attached hydrogens (tertiary/aromatic N) is 1. The molecule has 0 aromatic carbocycles. The van der Waals surface area contributed by atoms with Gasteiger partial charge in [-0.3, -0.25) is 4.79 Å². The molecule has 0 spiro atoms. The summed E-state index contributed by atoms with van der Waals surface area (Å²) >= 11 is 5.65. The topological polar surface area (TPSA) is 68.0 Å². The number of hydrogen-bond donors (Lipinski definition) is 2. The van der Waals surface area contributed by atoms with Gasteiger partial charge in [0.1, 0.15) is 5.15 Å². The van der Waals surface area contributed by atoms with Gasteiger partial charge in [0.2, 0.25) is 0 Å². The Morgan fingerprint density at radius 3 is 2.86 bits per heavy atom. The highest BCUT2D eigenvalue weighted by Crippen LogP contribution is 2.14. The SMILES string of the molecule is CC(C)NC(=O)c1cc(Cl)ncc1N. The molecule has 0 unspecified atom stereocenters. The average Bonchev–Trinajstić information content (AvgIpc) is 2.08. The standard InChI is InChI=1S/C9H12ClN3O/c1-5(2)13-9(14)6-3-8(10)12-4-7(6)11/h3-5H,11H2,1-2H3,(H,13,14). The number of nitrogens with one attached hydrogen (secondary N) is 1. The van der Waals surface area contributed by atoms with Gasteiger partial charge < -0.3 is 11.1 Å². The summed E-state index contributed by atoms with van der Waals surface area (Å²) in [6, 6.07) is 1.52. The van der Waals surface area contributed by atoms with Gasteiger partial charge >= 0.3 is 0 Å². The minimum absolute atomic E-state index is 0.0637. The van der Waals surface area contributed by atoms with Crippen molar-refractivity contribution in [2.75, 3.05) is 5.73 Å². The molecule has 1 amide bonds. The monoisotopic (exact) mass is 213 g/mol. The molecule has 1 heterocycles. The number of nitrogen functional groups attached to an aromatic ring is 1. The summed E-state index contributed by atoms with van der Waals surface area (Å²) in [5, 5.41) is 2.98. The van der Waals surface area contributed by atoms with Crippen LogP contribution in [0.4, 0.5) is 5.69 Å². The molecule has 1 aromatic rings. The van der Waals surface area contributed by atoms with Crippen LogP contribution in [0.3, 0.4) is 0 Å². The second-order valence-corrected chi connectivity index (χ2v) is 3.61. The molecule has 0 saturated carbocycles. The minimum Gasteiger partial charge on any atom is -0.397 e. The highest BCUT2D eigenvalue weighted by Gasteiger charge is 2.11. The van der Waals surface area contributed by atoms with Crippen LogP contribution in [0.2, 0.25) is 5.15 Å². The van der Waals surface area contributed by atoms with E-state index in [1.165, 1.54) is 12.3 Å². The van der Waals surface area contributed by atoms with Gasteiger partial charge in [-0.25, -0.2) is 4.98 Å². The Bertz CT molecular complexity index is 352. The summed E-state index contributed by atoms with van der Waals surface area (Å²) in [4.78, 5) is 15.3. The van der Waals surface area contributed by atoms with Crippen LogP contribution in [-0.4, -0.2) is 16.9 Å². The second-order valence-electron chi connectivity index (χ2n) is 3.22. The Morgan fingerprint density at radius 2 is 2.29 bits per heavy atom. The van der Waals surface area contributed by atoms with Gasteiger partial charge in [0.15, 0.2) is 0 Å². The molecule has 0 aliphatic rings. The second kappa shape index (κ2) is 4.28. The molecule has 0 fully saturated rings. The van der Waals surface area contributed by atoms with Crippen molar-refractivity contribution in [2.24, 2.45) is 0 Å². The van der Waals surface area contributed by atoms with E-state index in [0.29, 0.717) is 11.3 Å². The van der Waals surface area contributed by atoms with Crippen LogP contribution in [0, 0.1) is 0 Å². The number of halogens is 1. The first-order chi connectivity index (χ1) is 6.50. The normalized spacial score (nSPS) is 10.3. The first-order valence-electron chi connectivity index (χ1n) is 4.22. The number of rotatable bonds is 2. The third-order valence-electron chi connectivity index (χ3n) is 1.57. The van der Waals surface area contributed by atoms with Crippen LogP contribution in [0.15, 0.2) is 12.3 Å². The predicted molar refractivity (Wildman–Crippen MR) is 56.3 cm³/mol. The first kappa shape index (κ1) is 10.8. The van der Waals surface area contributed by atoms with Crippen LogP contribution in [0.5, 0.6) is 0 Å². The maximum absolute atomic E-state index is 11.6. The number of pyridine rings is 1. The molecule has 0 saturated heterocycles. The maximum atomic E-state index is 11.6. The van der Waals surface area contributed by atoms with E-state index in [0.717, 1.165) is 0 Å². The molecule has 14 heavy (non-hydrogen) atoms. The quantitative estimate of drug-likeness (QED) is 0.731. The molecule has 0 aliphatic carbocycles. The molecule has 76 valence electrons. The zero-order chi connectivity index (χ0) is 10.7. The van der Waals surface area contributed by atoms with Crippen LogP contribution in [-0.2, 0) is 0 Å². The highest BCUT2D eigenvalue weighted by molar-refractivity contribution is 6.29. The lowest BCUT2D eigenvalue weighted by atomic mass is 10.2. The fraction of sp³-hybridized carbons (Fsp3) is 0.333. The first-order valence-corrected chi connectivity index (χ1v) is 4.60. The van der Waals surface area contributed by atoms with Crippen molar-refractivity contribution in [1.82, 2.24) is 10.3 Å². The van der Waals surface area contributed by atoms with Crippen molar-refractivity contribution >= 4 is 23.2 Å². The van der Waals surface area contributed by atoms with Gasteiger partial charge in [0.25, 0.3) is 5.91 Å². The fourth-order valence-corrected chi connectivity index (χ4v) is 1.13. The van der Waals surface area contributed by atoms with Crippen molar-refractivity contribution in [3.05, 3.63) is 23.0 Å². The largest absolute Gasteiger partial charge is 0.397 e. The fourth-order valence-electron chi connectivity index (χ4n) is 0.977. The zero-order valence-electron chi connectivity index (χ0n) is 8.04. The third kappa shape index (κ3) is 2.60. The highest BCUT2D eigenvalue weighted by atomic mass is 35.5. The van der Waals surface area contributed by atoms with Crippen molar-refractivity contribution in [1.29, 1.82) is 0 Å². The van der Waals surface area contributed by atoms with Gasteiger partial charge in [-0.2, -0.15) is 0 Å². The summed E-state index contributed by atoms with van der Waals surface area (Å²) in [7, 11) is 0. The van der Waals surface area contributed by atoms with Crippen LogP contribution < -0.4 is 11.1 Å². The average molecular weight is 214 g/mol. The molecule has 1 rings (SSSR count). The van der Waals surface area contributed by atoms with Gasteiger partial charge in [0, 0.05) is 6.04 Å². The Balaban J connectivity index is 2.94. The Labute approximate surface area is 87.5 Å². The Kier molecular flexibility index (Phi) is 3.30. The van der Waals surface area contributed by atoms with E-state index < -0.39 is 0 Å². The predicted octanol–water partition coefficient (Wildman–Crippen LogP) is 1.46. The number of hydrogen-bond acceptors (Lipinski definition) is 3. The van der Waals surface area contributed by atoms with E-state index in [1.807, 2.05) is 13.8 Å². The van der Waals surface area contributed by atoms with E-state index in [1.54, 1.807) is 0 Å². The number of carbonyl (C=O) groups excluding carboxylic acids is 1. The van der Waals surface area contributed by atoms with Gasteiger partial charge in [-0.15, -0.1) is 0 Å². The number of nitrogens with two attached hydrogens (primary N) is 1. The molecular formula is C9H12ClN3O. The van der Waals surface area contributed by atoms with Crippen molar-refractivity contribution in [2.45, 2.75) is 19.9 Å². The molecule has 0 radical (unpaired) electrons. The maximum Gasteiger partial charge on any atom is 0.253 e. The van der Waals surface area contributed by atoms with E-state index >= 15 is 0 Å². The molecule has 5 heteroatoms. The number of carbonyl (C=O) groups is 1. The summed E-state index contributed by atoms with van der Waals surface area (Å²) in [6.45, 7) is 3.74. The molecule has 3 N–H and O–H groups in total. The van der Waals surface area contributed by atoms with Gasteiger partial charge in [-0.05, 0) is 19.9 Å². The summed E-state index contributed by atoms with van der Waals surface area (Å²) < 4.78 is 0. The summed E-state index contributed by atoms with van der Waals surface area (Å²) in [5.41, 5.74) is 6.27. The minimum atomic E-state index is -0.234. The van der Waals surface area contributed by atoms with Crippen molar-refractivity contribution < 1.29 is 4.79 Å². The lowest BCUT2D eigenvalue weighted by Crippen LogP contribution is -2.30. The van der Waals surface area contributed by atoms with E-state index in [9.17, 15) is 4.79 Å². The van der Waals surface area contributed by atoms with Crippen LogP contribution in [0.25, 0.3) is 0 Å². The molecule has 0 bridgehead atoms. The molecule has 1 aromatic heterocycles. The molecule has 4 nitrogen and oxygen atoms in total. The molecule has 0 aliphatic heterocycles. The Morgan fingerprint density at radius 1 is 1.64 bits per heavy atom. The van der Waals surface area contributed by atoms with E-state index in [2.05, 4.69) is 10.3 Å². The van der Waals surface area contributed by atoms with E-state index in [-0.39, 0.29) is 17.1 Å². The number of anilines is 1. The van der Waals surface area contributed by atoms with E-state index in [4.69, 9.17) is 17.3 Å². The molecule has 0 atom stereocenters. The van der Waals surface area contributed by atoms with Gasteiger partial charge in [-0.1, -0.05) is 11.6 Å². The van der Waals surface area contributed by atoms with Crippen LogP contribution in [0.1, 0.15) is 24.2 Å². The number of aromatic nitrogens is 1. The Hall–Kier alpha value is -1.29. The van der Waals surface area contributed by atoms with Gasteiger partial charge in [0.05, 0.1) is 17.4 Å². The summed E-state index contributed by atoms with van der Waals surface area (Å²) in [6.07, 6.45) is 1.37. The molecular weight excluding hydrogens is 202 g/mol.